The molecule has 3 N–H and O–H groups in total. The van der Waals surface area contributed by atoms with Crippen LogP contribution in [0.1, 0.15) is 16.4 Å². The van der Waals surface area contributed by atoms with Crippen molar-refractivity contribution < 1.29 is 4.79 Å². The van der Waals surface area contributed by atoms with E-state index in [-0.39, 0.29) is 11.8 Å². The first-order valence-corrected chi connectivity index (χ1v) is 6.68. The molecule has 2 rings (SSSR count). The topological polar surface area (TPSA) is 55.1 Å². The molecule has 1 amide bonds. The fourth-order valence-electron chi connectivity index (χ4n) is 1.94. The van der Waals surface area contributed by atoms with Gasteiger partial charge in [-0.25, -0.2) is 0 Å². The molecule has 0 aliphatic carbocycles. The highest BCUT2D eigenvalue weighted by atomic mass is 32.1. The molecule has 0 saturated heterocycles. The summed E-state index contributed by atoms with van der Waals surface area (Å²) in [5.74, 6) is -0.161. The van der Waals surface area contributed by atoms with E-state index in [1.807, 2.05) is 41.8 Å². The SMILES string of the molecule is CNC(=O)C(Cc1cccs1)c1cccc(N)c1. The third kappa shape index (κ3) is 2.90. The molecule has 0 bridgehead atoms. The van der Waals surface area contributed by atoms with Gasteiger partial charge < -0.3 is 11.1 Å². The quantitative estimate of drug-likeness (QED) is 0.829. The predicted octanol–water partition coefficient (Wildman–Crippen LogP) is 2.40. The molecule has 0 saturated carbocycles. The van der Waals surface area contributed by atoms with Crippen LogP contribution in [0.5, 0.6) is 0 Å². The van der Waals surface area contributed by atoms with Crippen LogP contribution in [-0.2, 0) is 11.2 Å². The van der Waals surface area contributed by atoms with Crippen molar-refractivity contribution in [1.82, 2.24) is 5.32 Å². The van der Waals surface area contributed by atoms with Gasteiger partial charge in [0.25, 0.3) is 0 Å². The van der Waals surface area contributed by atoms with Crippen molar-refractivity contribution in [2.45, 2.75) is 12.3 Å². The van der Waals surface area contributed by atoms with Gasteiger partial charge >= 0.3 is 0 Å². The van der Waals surface area contributed by atoms with Gasteiger partial charge in [-0.3, -0.25) is 4.79 Å². The molecular formula is C14H16N2OS. The molecule has 3 nitrogen and oxygen atoms in total. The Morgan fingerprint density at radius 2 is 2.22 bits per heavy atom. The Bertz CT molecular complexity index is 522. The zero-order chi connectivity index (χ0) is 13.0. The van der Waals surface area contributed by atoms with E-state index in [2.05, 4.69) is 5.32 Å². The highest BCUT2D eigenvalue weighted by Crippen LogP contribution is 2.25. The van der Waals surface area contributed by atoms with Crippen LogP contribution in [0, 0.1) is 0 Å². The zero-order valence-corrected chi connectivity index (χ0v) is 11.0. The zero-order valence-electron chi connectivity index (χ0n) is 10.2. The molecule has 94 valence electrons. The van der Waals surface area contributed by atoms with Gasteiger partial charge in [0, 0.05) is 17.6 Å². The van der Waals surface area contributed by atoms with Crippen LogP contribution in [0.2, 0.25) is 0 Å². The van der Waals surface area contributed by atoms with Gasteiger partial charge in [-0.2, -0.15) is 0 Å². The van der Waals surface area contributed by atoms with Gasteiger partial charge in [0.15, 0.2) is 0 Å². The molecule has 1 aromatic carbocycles. The van der Waals surface area contributed by atoms with Crippen LogP contribution in [0.4, 0.5) is 5.69 Å². The first kappa shape index (κ1) is 12.6. The van der Waals surface area contributed by atoms with Gasteiger partial charge in [0.05, 0.1) is 5.92 Å². The number of benzene rings is 1. The minimum atomic E-state index is -0.183. The molecule has 0 radical (unpaired) electrons. The van der Waals surface area contributed by atoms with Gasteiger partial charge in [-0.05, 0) is 35.6 Å². The molecule has 1 atom stereocenters. The summed E-state index contributed by atoms with van der Waals surface area (Å²) in [5, 5.41) is 4.74. The number of hydrogen-bond donors (Lipinski definition) is 2. The van der Waals surface area contributed by atoms with Gasteiger partial charge in [-0.1, -0.05) is 18.2 Å². The molecule has 1 heterocycles. The monoisotopic (exact) mass is 260 g/mol. The number of thiophene rings is 1. The van der Waals surface area contributed by atoms with Crippen LogP contribution in [-0.4, -0.2) is 13.0 Å². The maximum Gasteiger partial charge on any atom is 0.227 e. The average molecular weight is 260 g/mol. The second kappa shape index (κ2) is 5.69. The first-order valence-electron chi connectivity index (χ1n) is 5.80. The maximum absolute atomic E-state index is 12.0. The summed E-state index contributed by atoms with van der Waals surface area (Å²) in [5.41, 5.74) is 7.43. The lowest BCUT2D eigenvalue weighted by atomic mass is 9.94. The number of rotatable bonds is 4. The van der Waals surface area contributed by atoms with Crippen LogP contribution in [0.25, 0.3) is 0 Å². The van der Waals surface area contributed by atoms with E-state index in [0.717, 1.165) is 5.56 Å². The number of nitrogens with two attached hydrogens (primary N) is 1. The number of amides is 1. The average Bonchev–Trinajstić information content (AvgIpc) is 2.88. The highest BCUT2D eigenvalue weighted by molar-refractivity contribution is 7.09. The van der Waals surface area contributed by atoms with Crippen molar-refractivity contribution in [3.63, 3.8) is 0 Å². The van der Waals surface area contributed by atoms with Crippen LogP contribution >= 0.6 is 11.3 Å². The van der Waals surface area contributed by atoms with E-state index in [9.17, 15) is 4.79 Å². The Labute approximate surface area is 111 Å². The van der Waals surface area contributed by atoms with E-state index in [0.29, 0.717) is 12.1 Å². The van der Waals surface area contributed by atoms with Crippen molar-refractivity contribution in [2.75, 3.05) is 12.8 Å². The smallest absolute Gasteiger partial charge is 0.227 e. The summed E-state index contributed by atoms with van der Waals surface area (Å²) in [4.78, 5) is 13.2. The van der Waals surface area contributed by atoms with E-state index < -0.39 is 0 Å². The third-order valence-electron chi connectivity index (χ3n) is 2.86. The molecule has 18 heavy (non-hydrogen) atoms. The molecule has 0 aliphatic rings. The van der Waals surface area contributed by atoms with Crippen molar-refractivity contribution in [1.29, 1.82) is 0 Å². The second-order valence-corrected chi connectivity index (χ2v) is 5.15. The first-order chi connectivity index (χ1) is 8.70. The number of carbonyl (C=O) groups excluding carboxylic acids is 1. The fourth-order valence-corrected chi connectivity index (χ4v) is 2.69. The van der Waals surface area contributed by atoms with Crippen molar-refractivity contribution >= 4 is 22.9 Å². The number of likely N-dealkylation sites (N-methyl/N-ethyl adjacent to an activating group) is 1. The number of hydrogen-bond acceptors (Lipinski definition) is 3. The van der Waals surface area contributed by atoms with Crippen molar-refractivity contribution in [2.24, 2.45) is 0 Å². The molecular weight excluding hydrogens is 244 g/mol. The molecule has 4 heteroatoms. The molecule has 0 spiro atoms. The van der Waals surface area contributed by atoms with Crippen molar-refractivity contribution in [3.05, 3.63) is 52.2 Å². The minimum Gasteiger partial charge on any atom is -0.399 e. The van der Waals surface area contributed by atoms with E-state index in [4.69, 9.17) is 5.73 Å². The van der Waals surface area contributed by atoms with Gasteiger partial charge in [0.1, 0.15) is 0 Å². The molecule has 2 aromatic rings. The summed E-state index contributed by atoms with van der Waals surface area (Å²) >= 11 is 1.67. The lowest BCUT2D eigenvalue weighted by Gasteiger charge is -2.15. The minimum absolute atomic E-state index is 0.0222. The van der Waals surface area contributed by atoms with Crippen molar-refractivity contribution in [3.8, 4) is 0 Å². The number of carbonyl (C=O) groups is 1. The fraction of sp³-hybridized carbons (Fsp3) is 0.214. The highest BCUT2D eigenvalue weighted by Gasteiger charge is 2.20. The van der Waals surface area contributed by atoms with Crippen LogP contribution < -0.4 is 11.1 Å². The largest absolute Gasteiger partial charge is 0.399 e. The summed E-state index contributed by atoms with van der Waals surface area (Å²) in [6.45, 7) is 0. The summed E-state index contributed by atoms with van der Waals surface area (Å²) in [6.07, 6.45) is 0.709. The maximum atomic E-state index is 12.0. The Kier molecular flexibility index (Phi) is 3.99. The van der Waals surface area contributed by atoms with E-state index in [1.54, 1.807) is 18.4 Å². The lowest BCUT2D eigenvalue weighted by Crippen LogP contribution is -2.27. The van der Waals surface area contributed by atoms with Crippen LogP contribution in [0.15, 0.2) is 41.8 Å². The lowest BCUT2D eigenvalue weighted by molar-refractivity contribution is -0.122. The molecule has 1 aromatic heterocycles. The summed E-state index contributed by atoms with van der Waals surface area (Å²) in [7, 11) is 1.66. The normalized spacial score (nSPS) is 12.1. The van der Waals surface area contributed by atoms with Gasteiger partial charge in [-0.15, -0.1) is 11.3 Å². The number of nitrogen functional groups attached to an aromatic ring is 1. The Balaban J connectivity index is 2.28. The van der Waals surface area contributed by atoms with Gasteiger partial charge in [0.2, 0.25) is 5.91 Å². The molecule has 0 aliphatic heterocycles. The Morgan fingerprint density at radius 1 is 1.39 bits per heavy atom. The molecule has 0 fully saturated rings. The third-order valence-corrected chi connectivity index (χ3v) is 3.76. The standard InChI is InChI=1S/C14H16N2OS/c1-16-14(17)13(9-12-6-3-7-18-12)10-4-2-5-11(15)8-10/h2-8,13H,9,15H2,1H3,(H,16,17). The summed E-state index contributed by atoms with van der Waals surface area (Å²) in [6, 6.07) is 11.6. The Hall–Kier alpha value is -1.81. The number of anilines is 1. The van der Waals surface area contributed by atoms with Crippen LogP contribution in [0.3, 0.4) is 0 Å². The predicted molar refractivity (Wildman–Crippen MR) is 75.7 cm³/mol. The Morgan fingerprint density at radius 3 is 2.83 bits per heavy atom. The van der Waals surface area contributed by atoms with E-state index >= 15 is 0 Å². The van der Waals surface area contributed by atoms with E-state index in [1.165, 1.54) is 4.88 Å². The molecule has 1 unspecified atom stereocenters. The summed E-state index contributed by atoms with van der Waals surface area (Å²) < 4.78 is 0. The second-order valence-electron chi connectivity index (χ2n) is 4.12. The number of nitrogens with one attached hydrogen (secondary N) is 1.